The number of allylic oxidation sites excluding steroid dienone is 1. The summed E-state index contributed by atoms with van der Waals surface area (Å²) in [7, 11) is 0. The molecule has 2 N–H and O–H groups in total. The maximum Gasteiger partial charge on any atom is 0.271 e. The van der Waals surface area contributed by atoms with Gasteiger partial charge in [0.1, 0.15) is 17.3 Å². The molecule has 136 valence electrons. The van der Waals surface area contributed by atoms with E-state index in [1.165, 1.54) is 49.6 Å². The number of rotatable bonds is 7. The van der Waals surface area contributed by atoms with E-state index in [2.05, 4.69) is 26.7 Å². The van der Waals surface area contributed by atoms with E-state index in [1.807, 2.05) is 0 Å². The van der Waals surface area contributed by atoms with Crippen LogP contribution in [0.15, 0.2) is 48.3 Å². The monoisotopic (exact) mass is 354 g/mol. The van der Waals surface area contributed by atoms with Gasteiger partial charge in [0.25, 0.3) is 5.91 Å². The van der Waals surface area contributed by atoms with Gasteiger partial charge in [0.15, 0.2) is 0 Å². The molecule has 5 nitrogen and oxygen atoms in total. The molecule has 0 unspecified atom stereocenters. The molecule has 1 aromatic carbocycles. The van der Waals surface area contributed by atoms with E-state index in [0.717, 1.165) is 18.5 Å². The quantitative estimate of drug-likeness (QED) is 0.741. The number of anilines is 1. The summed E-state index contributed by atoms with van der Waals surface area (Å²) in [5, 5.41) is 5.99. The molecule has 0 fully saturated rings. The van der Waals surface area contributed by atoms with Crippen LogP contribution in [0.3, 0.4) is 0 Å². The molecule has 1 aliphatic rings. The van der Waals surface area contributed by atoms with Crippen LogP contribution in [0.25, 0.3) is 0 Å². The molecule has 1 amide bonds. The molecule has 1 heterocycles. The fourth-order valence-electron chi connectivity index (χ4n) is 2.89. The van der Waals surface area contributed by atoms with Gasteiger partial charge in [-0.2, -0.15) is 0 Å². The fraction of sp³-hybridized carbons (Fsp3) is 0.350. The summed E-state index contributed by atoms with van der Waals surface area (Å²) in [5.74, 6) is 0.0611. The lowest BCUT2D eigenvalue weighted by atomic mass is 9.97. The van der Waals surface area contributed by atoms with Crippen LogP contribution in [-0.2, 0) is 6.54 Å². The van der Waals surface area contributed by atoms with Crippen LogP contribution in [0.1, 0.15) is 48.2 Å². The van der Waals surface area contributed by atoms with E-state index in [1.54, 1.807) is 18.3 Å². The van der Waals surface area contributed by atoms with Crippen molar-refractivity contribution in [3.63, 3.8) is 0 Å². The van der Waals surface area contributed by atoms with Crippen LogP contribution in [0.5, 0.6) is 0 Å². The highest BCUT2D eigenvalue weighted by atomic mass is 19.1. The van der Waals surface area contributed by atoms with E-state index in [-0.39, 0.29) is 17.4 Å². The van der Waals surface area contributed by atoms with Crippen LogP contribution < -0.4 is 10.6 Å². The molecule has 0 saturated carbocycles. The number of nitrogens with one attached hydrogen (secondary N) is 2. The Morgan fingerprint density at radius 2 is 1.96 bits per heavy atom. The van der Waals surface area contributed by atoms with Crippen molar-refractivity contribution in [1.29, 1.82) is 0 Å². The van der Waals surface area contributed by atoms with Gasteiger partial charge in [-0.25, -0.2) is 14.4 Å². The number of halogens is 1. The summed E-state index contributed by atoms with van der Waals surface area (Å²) in [6.07, 6.45) is 11.4. The lowest BCUT2D eigenvalue weighted by Gasteiger charge is -2.13. The molecule has 2 aromatic rings. The zero-order valence-electron chi connectivity index (χ0n) is 14.7. The van der Waals surface area contributed by atoms with Crippen LogP contribution >= 0.6 is 0 Å². The molecule has 0 atom stereocenters. The van der Waals surface area contributed by atoms with Crippen molar-refractivity contribution in [3.8, 4) is 0 Å². The van der Waals surface area contributed by atoms with Crippen molar-refractivity contribution >= 4 is 11.7 Å². The number of carbonyl (C=O) groups excluding carboxylic acids is 1. The minimum absolute atomic E-state index is 0.257. The third-order valence-corrected chi connectivity index (χ3v) is 4.39. The van der Waals surface area contributed by atoms with Gasteiger partial charge >= 0.3 is 0 Å². The number of amides is 1. The smallest absolute Gasteiger partial charge is 0.271 e. The van der Waals surface area contributed by atoms with Crippen LogP contribution in [-0.4, -0.2) is 22.4 Å². The number of carbonyl (C=O) groups is 1. The van der Waals surface area contributed by atoms with Gasteiger partial charge in [0.2, 0.25) is 0 Å². The Morgan fingerprint density at radius 1 is 1.12 bits per heavy atom. The summed E-state index contributed by atoms with van der Waals surface area (Å²) < 4.78 is 12.9. The summed E-state index contributed by atoms with van der Waals surface area (Å²) in [4.78, 5) is 20.5. The standard InChI is InChI=1S/C20H23FN4O/c21-17-8-6-16(7-9-17)12-25-20(26)18-13-24-19(14-23-18)22-11-10-15-4-2-1-3-5-15/h4,6-9,13-14H,1-3,5,10-12H2,(H,22,24)(H,25,26). The molecule has 0 saturated heterocycles. The number of benzene rings is 1. The number of aromatic nitrogens is 2. The first-order chi connectivity index (χ1) is 12.7. The van der Waals surface area contributed by atoms with E-state index in [9.17, 15) is 9.18 Å². The maximum atomic E-state index is 12.9. The van der Waals surface area contributed by atoms with Crippen LogP contribution in [0.2, 0.25) is 0 Å². The summed E-state index contributed by atoms with van der Waals surface area (Å²) >= 11 is 0. The molecule has 3 rings (SSSR count). The highest BCUT2D eigenvalue weighted by molar-refractivity contribution is 5.91. The van der Waals surface area contributed by atoms with E-state index >= 15 is 0 Å². The van der Waals surface area contributed by atoms with Gasteiger partial charge in [0, 0.05) is 13.1 Å². The SMILES string of the molecule is O=C(NCc1ccc(F)cc1)c1cnc(NCCC2=CCCCC2)cn1. The zero-order valence-corrected chi connectivity index (χ0v) is 14.7. The molecule has 1 aromatic heterocycles. The normalized spacial score (nSPS) is 13.8. The largest absolute Gasteiger partial charge is 0.368 e. The second-order valence-corrected chi connectivity index (χ2v) is 6.38. The summed E-state index contributed by atoms with van der Waals surface area (Å²) in [6, 6.07) is 6.00. The van der Waals surface area contributed by atoms with Gasteiger partial charge in [-0.15, -0.1) is 0 Å². The second kappa shape index (κ2) is 9.08. The zero-order chi connectivity index (χ0) is 18.2. The van der Waals surface area contributed by atoms with Gasteiger partial charge in [-0.3, -0.25) is 4.79 Å². The summed E-state index contributed by atoms with van der Waals surface area (Å²) in [6.45, 7) is 1.13. The fourth-order valence-corrected chi connectivity index (χ4v) is 2.89. The van der Waals surface area contributed by atoms with Gasteiger partial charge in [0.05, 0.1) is 12.4 Å². The molecular formula is C20H23FN4O. The third-order valence-electron chi connectivity index (χ3n) is 4.39. The lowest BCUT2D eigenvalue weighted by molar-refractivity contribution is 0.0945. The van der Waals surface area contributed by atoms with Crippen molar-refractivity contribution in [1.82, 2.24) is 15.3 Å². The minimum atomic E-state index is -0.305. The Morgan fingerprint density at radius 3 is 2.65 bits per heavy atom. The molecule has 26 heavy (non-hydrogen) atoms. The molecule has 1 aliphatic carbocycles. The van der Waals surface area contributed by atoms with Gasteiger partial charge in [-0.1, -0.05) is 23.8 Å². The highest BCUT2D eigenvalue weighted by Crippen LogP contribution is 2.19. The molecule has 0 aliphatic heterocycles. The Balaban J connectivity index is 1.44. The third kappa shape index (κ3) is 5.37. The lowest BCUT2D eigenvalue weighted by Crippen LogP contribution is -2.24. The van der Waals surface area contributed by atoms with Crippen molar-refractivity contribution in [2.75, 3.05) is 11.9 Å². The highest BCUT2D eigenvalue weighted by Gasteiger charge is 2.08. The molecule has 0 bridgehead atoms. The Hall–Kier alpha value is -2.76. The number of hydrogen-bond acceptors (Lipinski definition) is 4. The minimum Gasteiger partial charge on any atom is -0.368 e. The van der Waals surface area contributed by atoms with Crippen molar-refractivity contribution < 1.29 is 9.18 Å². The number of hydrogen-bond donors (Lipinski definition) is 2. The van der Waals surface area contributed by atoms with E-state index in [4.69, 9.17) is 0 Å². The Labute approximate surface area is 152 Å². The molecule has 0 spiro atoms. The predicted molar refractivity (Wildman–Crippen MR) is 99.3 cm³/mol. The first-order valence-corrected chi connectivity index (χ1v) is 8.97. The van der Waals surface area contributed by atoms with E-state index < -0.39 is 0 Å². The van der Waals surface area contributed by atoms with Crippen molar-refractivity contribution in [3.05, 3.63) is 65.4 Å². The van der Waals surface area contributed by atoms with Crippen LogP contribution in [0.4, 0.5) is 10.2 Å². The van der Waals surface area contributed by atoms with Gasteiger partial charge in [-0.05, 0) is 49.8 Å². The first kappa shape index (κ1) is 18.0. The topological polar surface area (TPSA) is 66.9 Å². The Kier molecular flexibility index (Phi) is 6.30. The molecule has 0 radical (unpaired) electrons. The average Bonchev–Trinajstić information content (AvgIpc) is 2.69. The molecular weight excluding hydrogens is 331 g/mol. The van der Waals surface area contributed by atoms with Crippen molar-refractivity contribution in [2.45, 2.75) is 38.6 Å². The van der Waals surface area contributed by atoms with Crippen LogP contribution in [0, 0.1) is 5.82 Å². The number of nitrogens with zero attached hydrogens (tertiary/aromatic N) is 2. The van der Waals surface area contributed by atoms with Gasteiger partial charge < -0.3 is 10.6 Å². The van der Waals surface area contributed by atoms with E-state index in [0.29, 0.717) is 12.4 Å². The Bertz CT molecular complexity index is 756. The summed E-state index contributed by atoms with van der Waals surface area (Å²) in [5.41, 5.74) is 2.59. The maximum absolute atomic E-state index is 12.9. The second-order valence-electron chi connectivity index (χ2n) is 6.38. The van der Waals surface area contributed by atoms with Crippen molar-refractivity contribution in [2.24, 2.45) is 0 Å². The first-order valence-electron chi connectivity index (χ1n) is 8.97. The average molecular weight is 354 g/mol. The predicted octanol–water partition coefficient (Wildman–Crippen LogP) is 3.85. The molecule has 6 heteroatoms.